The predicted octanol–water partition coefficient (Wildman–Crippen LogP) is 0.885. The average molecular weight is 236 g/mol. The minimum Gasteiger partial charge on any atom is -0.368 e. The van der Waals surface area contributed by atoms with Crippen LogP contribution in [0.5, 0.6) is 0 Å². The highest BCUT2D eigenvalue weighted by molar-refractivity contribution is 7.98. The third kappa shape index (κ3) is 1.99. The molecule has 0 fully saturated rings. The van der Waals surface area contributed by atoms with Gasteiger partial charge in [0.1, 0.15) is 0 Å². The van der Waals surface area contributed by atoms with Crippen molar-refractivity contribution in [1.29, 1.82) is 0 Å². The fourth-order valence-corrected chi connectivity index (χ4v) is 1.77. The smallest absolute Gasteiger partial charge is 0.224 e. The molecule has 2 rings (SSSR count). The van der Waals surface area contributed by atoms with Crippen LogP contribution in [-0.4, -0.2) is 31.0 Å². The molecule has 0 amide bonds. The lowest BCUT2D eigenvalue weighted by molar-refractivity contribution is 0.756. The van der Waals surface area contributed by atoms with E-state index in [1.54, 1.807) is 4.68 Å². The van der Waals surface area contributed by atoms with Crippen LogP contribution in [0.4, 0.5) is 5.95 Å². The highest BCUT2D eigenvalue weighted by Gasteiger charge is 2.11. The number of rotatable bonds is 2. The third-order valence-corrected chi connectivity index (χ3v) is 2.62. The zero-order valence-corrected chi connectivity index (χ0v) is 10.1. The van der Waals surface area contributed by atoms with E-state index in [9.17, 15) is 0 Å². The van der Waals surface area contributed by atoms with Gasteiger partial charge in [0.2, 0.25) is 5.95 Å². The molecule has 0 saturated heterocycles. The van der Waals surface area contributed by atoms with Crippen molar-refractivity contribution in [2.24, 2.45) is 7.05 Å². The van der Waals surface area contributed by atoms with Crippen molar-refractivity contribution in [1.82, 2.24) is 24.7 Å². The molecule has 2 aromatic heterocycles. The molecule has 0 saturated carbocycles. The lowest BCUT2D eigenvalue weighted by Crippen LogP contribution is -2.01. The number of anilines is 1. The van der Waals surface area contributed by atoms with Crippen LogP contribution >= 0.6 is 11.8 Å². The zero-order valence-electron chi connectivity index (χ0n) is 9.30. The number of aryl methyl sites for hydroxylation is 2. The summed E-state index contributed by atoms with van der Waals surface area (Å²) in [5, 5.41) is 4.86. The van der Waals surface area contributed by atoms with E-state index in [1.807, 2.05) is 26.4 Å². The van der Waals surface area contributed by atoms with Gasteiger partial charge in [0.25, 0.3) is 0 Å². The van der Waals surface area contributed by atoms with Gasteiger partial charge in [-0.15, -0.1) is 0 Å². The molecular weight excluding hydrogens is 224 g/mol. The SMILES string of the molecule is CSc1nc(N)nc(-c2cn(C)nc2C)n1. The highest BCUT2D eigenvalue weighted by atomic mass is 32.2. The molecule has 7 heteroatoms. The molecule has 84 valence electrons. The van der Waals surface area contributed by atoms with E-state index in [1.165, 1.54) is 11.8 Å². The van der Waals surface area contributed by atoms with Crippen LogP contribution in [0.3, 0.4) is 0 Å². The molecule has 2 heterocycles. The van der Waals surface area contributed by atoms with Gasteiger partial charge in [0.05, 0.1) is 11.3 Å². The number of hydrogen-bond donors (Lipinski definition) is 1. The monoisotopic (exact) mass is 236 g/mol. The lowest BCUT2D eigenvalue weighted by Gasteiger charge is -2.01. The van der Waals surface area contributed by atoms with Gasteiger partial charge < -0.3 is 5.73 Å². The van der Waals surface area contributed by atoms with Crippen LogP contribution in [0.25, 0.3) is 11.4 Å². The second kappa shape index (κ2) is 4.09. The molecule has 2 aromatic rings. The summed E-state index contributed by atoms with van der Waals surface area (Å²) < 4.78 is 1.73. The second-order valence-corrected chi connectivity index (χ2v) is 4.08. The summed E-state index contributed by atoms with van der Waals surface area (Å²) in [5.41, 5.74) is 7.38. The Kier molecular flexibility index (Phi) is 2.78. The van der Waals surface area contributed by atoms with E-state index >= 15 is 0 Å². The molecule has 16 heavy (non-hydrogen) atoms. The van der Waals surface area contributed by atoms with Gasteiger partial charge in [-0.25, -0.2) is 4.98 Å². The molecule has 0 aliphatic heterocycles. The van der Waals surface area contributed by atoms with Gasteiger partial charge in [-0.1, -0.05) is 11.8 Å². The fraction of sp³-hybridized carbons (Fsp3) is 0.333. The molecule has 2 N–H and O–H groups in total. The van der Waals surface area contributed by atoms with Gasteiger partial charge in [-0.3, -0.25) is 4.68 Å². The number of nitrogens with zero attached hydrogens (tertiary/aromatic N) is 5. The Bertz CT molecular complexity index is 521. The Balaban J connectivity index is 2.55. The number of aromatic nitrogens is 5. The molecular formula is C9H12N6S. The van der Waals surface area contributed by atoms with E-state index in [-0.39, 0.29) is 5.95 Å². The largest absolute Gasteiger partial charge is 0.368 e. The number of nitrogens with two attached hydrogens (primary N) is 1. The fourth-order valence-electron chi connectivity index (χ4n) is 1.40. The van der Waals surface area contributed by atoms with E-state index in [0.29, 0.717) is 11.0 Å². The molecule has 0 radical (unpaired) electrons. The van der Waals surface area contributed by atoms with Crippen molar-refractivity contribution in [3.63, 3.8) is 0 Å². The Morgan fingerprint density at radius 1 is 1.31 bits per heavy atom. The Morgan fingerprint density at radius 2 is 2.06 bits per heavy atom. The zero-order chi connectivity index (χ0) is 11.7. The number of hydrogen-bond acceptors (Lipinski definition) is 6. The first-order valence-corrected chi connectivity index (χ1v) is 5.89. The van der Waals surface area contributed by atoms with Crippen molar-refractivity contribution in [3.8, 4) is 11.4 Å². The van der Waals surface area contributed by atoms with Crippen molar-refractivity contribution >= 4 is 17.7 Å². The Hall–Kier alpha value is -1.63. The summed E-state index contributed by atoms with van der Waals surface area (Å²) in [5.74, 6) is 0.806. The van der Waals surface area contributed by atoms with E-state index < -0.39 is 0 Å². The first-order valence-electron chi connectivity index (χ1n) is 4.66. The standard InChI is InChI=1S/C9H12N6S/c1-5-6(4-15(2)14-5)7-11-8(10)13-9(12-7)16-3/h4H,1-3H3,(H2,10,11,12,13). The lowest BCUT2D eigenvalue weighted by atomic mass is 10.2. The topological polar surface area (TPSA) is 82.5 Å². The quantitative estimate of drug-likeness (QED) is 0.779. The highest BCUT2D eigenvalue weighted by Crippen LogP contribution is 2.20. The summed E-state index contributed by atoms with van der Waals surface area (Å²) in [4.78, 5) is 12.4. The van der Waals surface area contributed by atoms with Crippen LogP contribution in [0, 0.1) is 6.92 Å². The van der Waals surface area contributed by atoms with Crippen LogP contribution in [0.2, 0.25) is 0 Å². The van der Waals surface area contributed by atoms with Gasteiger partial charge in [-0.2, -0.15) is 15.1 Å². The average Bonchev–Trinajstić information content (AvgIpc) is 2.57. The van der Waals surface area contributed by atoms with Crippen molar-refractivity contribution < 1.29 is 0 Å². The van der Waals surface area contributed by atoms with E-state index in [2.05, 4.69) is 20.1 Å². The maximum Gasteiger partial charge on any atom is 0.224 e. The molecule has 0 aliphatic rings. The van der Waals surface area contributed by atoms with E-state index in [4.69, 9.17) is 5.73 Å². The normalized spacial score (nSPS) is 10.7. The van der Waals surface area contributed by atoms with Gasteiger partial charge in [0.15, 0.2) is 11.0 Å². The van der Waals surface area contributed by atoms with Crippen LogP contribution < -0.4 is 5.73 Å². The minimum absolute atomic E-state index is 0.234. The minimum atomic E-state index is 0.234. The Labute approximate surface area is 97.3 Å². The molecule has 0 atom stereocenters. The summed E-state index contributed by atoms with van der Waals surface area (Å²) in [6.45, 7) is 1.91. The second-order valence-electron chi connectivity index (χ2n) is 3.31. The summed E-state index contributed by atoms with van der Waals surface area (Å²) in [6.07, 6.45) is 3.77. The summed E-state index contributed by atoms with van der Waals surface area (Å²) in [6, 6.07) is 0. The maximum atomic E-state index is 5.63. The van der Waals surface area contributed by atoms with Crippen molar-refractivity contribution in [2.45, 2.75) is 12.1 Å². The number of nitrogen functional groups attached to an aromatic ring is 1. The molecule has 0 unspecified atom stereocenters. The third-order valence-electron chi connectivity index (χ3n) is 2.07. The van der Waals surface area contributed by atoms with Gasteiger partial charge in [0, 0.05) is 13.2 Å². The number of thioether (sulfide) groups is 1. The van der Waals surface area contributed by atoms with Crippen molar-refractivity contribution in [3.05, 3.63) is 11.9 Å². The maximum absolute atomic E-state index is 5.63. The molecule has 0 aromatic carbocycles. The van der Waals surface area contributed by atoms with Crippen LogP contribution in [-0.2, 0) is 7.05 Å². The first kappa shape index (κ1) is 10.9. The van der Waals surface area contributed by atoms with Gasteiger partial charge >= 0.3 is 0 Å². The predicted molar refractivity (Wildman–Crippen MR) is 63.0 cm³/mol. The molecule has 0 spiro atoms. The molecule has 0 aliphatic carbocycles. The summed E-state index contributed by atoms with van der Waals surface area (Å²) in [7, 11) is 1.86. The van der Waals surface area contributed by atoms with E-state index in [0.717, 1.165) is 11.3 Å². The van der Waals surface area contributed by atoms with Gasteiger partial charge in [-0.05, 0) is 13.2 Å². The van der Waals surface area contributed by atoms with Crippen LogP contribution in [0.15, 0.2) is 11.4 Å². The Morgan fingerprint density at radius 3 is 2.62 bits per heavy atom. The molecule has 6 nitrogen and oxygen atoms in total. The van der Waals surface area contributed by atoms with Crippen LogP contribution in [0.1, 0.15) is 5.69 Å². The molecule has 0 bridgehead atoms. The first-order chi connectivity index (χ1) is 7.60. The van der Waals surface area contributed by atoms with Crippen molar-refractivity contribution in [2.75, 3.05) is 12.0 Å². The summed E-state index contributed by atoms with van der Waals surface area (Å²) >= 11 is 1.44.